The molecule has 164 valence electrons. The SMILES string of the molecule is Cc1nc(-c2ccc(CNC(=O)CSc3nnc(C4CC4)n3Cc3ccccc3)s2)cs1. The first-order chi connectivity index (χ1) is 15.7. The zero-order valence-corrected chi connectivity index (χ0v) is 20.1. The van der Waals surface area contributed by atoms with E-state index < -0.39 is 0 Å². The van der Waals surface area contributed by atoms with E-state index >= 15 is 0 Å². The topological polar surface area (TPSA) is 72.7 Å². The Morgan fingerprint density at radius 3 is 2.78 bits per heavy atom. The molecule has 1 aliphatic rings. The minimum absolute atomic E-state index is 0.00307. The zero-order chi connectivity index (χ0) is 21.9. The van der Waals surface area contributed by atoms with Gasteiger partial charge in [0, 0.05) is 16.2 Å². The van der Waals surface area contributed by atoms with E-state index in [9.17, 15) is 4.79 Å². The summed E-state index contributed by atoms with van der Waals surface area (Å²) < 4.78 is 2.17. The molecule has 0 unspecified atom stereocenters. The fraction of sp³-hybridized carbons (Fsp3) is 0.304. The van der Waals surface area contributed by atoms with Crippen LogP contribution in [0.3, 0.4) is 0 Å². The third kappa shape index (κ3) is 5.11. The first-order valence-corrected chi connectivity index (χ1v) is 13.2. The summed E-state index contributed by atoms with van der Waals surface area (Å²) in [6, 6.07) is 14.5. The molecule has 0 atom stereocenters. The number of aromatic nitrogens is 4. The minimum Gasteiger partial charge on any atom is -0.350 e. The molecule has 3 heterocycles. The average molecular weight is 482 g/mol. The number of thioether (sulfide) groups is 1. The molecule has 1 N–H and O–H groups in total. The van der Waals surface area contributed by atoms with Gasteiger partial charge in [0.25, 0.3) is 0 Å². The van der Waals surface area contributed by atoms with Crippen LogP contribution in [0.1, 0.15) is 40.0 Å². The highest BCUT2D eigenvalue weighted by Gasteiger charge is 2.30. The molecule has 0 spiro atoms. The molecule has 9 heteroatoms. The molecule has 1 fully saturated rings. The lowest BCUT2D eigenvalue weighted by Gasteiger charge is -2.10. The number of benzene rings is 1. The van der Waals surface area contributed by atoms with Crippen molar-refractivity contribution >= 4 is 40.3 Å². The van der Waals surface area contributed by atoms with Crippen molar-refractivity contribution in [3.05, 3.63) is 69.1 Å². The van der Waals surface area contributed by atoms with Gasteiger partial charge in [-0.15, -0.1) is 32.9 Å². The Bertz CT molecular complexity index is 1210. The normalized spacial score (nSPS) is 13.4. The summed E-state index contributed by atoms with van der Waals surface area (Å²) in [7, 11) is 0. The number of nitrogens with zero attached hydrogens (tertiary/aromatic N) is 4. The van der Waals surface area contributed by atoms with Crippen LogP contribution in [0.25, 0.3) is 10.6 Å². The number of thiazole rings is 1. The Morgan fingerprint density at radius 1 is 1.19 bits per heavy atom. The Kier molecular flexibility index (Phi) is 6.38. The van der Waals surface area contributed by atoms with Crippen molar-refractivity contribution in [2.45, 2.75) is 43.9 Å². The van der Waals surface area contributed by atoms with Gasteiger partial charge in [-0.3, -0.25) is 4.79 Å². The quantitative estimate of drug-likeness (QED) is 0.337. The lowest BCUT2D eigenvalue weighted by atomic mass is 10.2. The van der Waals surface area contributed by atoms with Crippen LogP contribution in [0.5, 0.6) is 0 Å². The van der Waals surface area contributed by atoms with Gasteiger partial charge in [-0.25, -0.2) is 4.98 Å². The molecule has 0 aliphatic heterocycles. The van der Waals surface area contributed by atoms with Crippen LogP contribution in [-0.2, 0) is 17.9 Å². The van der Waals surface area contributed by atoms with Gasteiger partial charge < -0.3 is 9.88 Å². The Morgan fingerprint density at radius 2 is 2.03 bits per heavy atom. The fourth-order valence-electron chi connectivity index (χ4n) is 3.42. The van der Waals surface area contributed by atoms with Crippen LogP contribution in [0, 0.1) is 6.92 Å². The van der Waals surface area contributed by atoms with Gasteiger partial charge in [-0.2, -0.15) is 0 Å². The van der Waals surface area contributed by atoms with Gasteiger partial charge in [0.05, 0.1) is 34.4 Å². The van der Waals surface area contributed by atoms with Crippen LogP contribution in [-0.4, -0.2) is 31.4 Å². The van der Waals surface area contributed by atoms with Gasteiger partial charge in [0.2, 0.25) is 5.91 Å². The number of carbonyl (C=O) groups excluding carboxylic acids is 1. The van der Waals surface area contributed by atoms with E-state index in [1.165, 1.54) is 30.2 Å². The van der Waals surface area contributed by atoms with Crippen LogP contribution in [0.4, 0.5) is 0 Å². The van der Waals surface area contributed by atoms with Gasteiger partial charge >= 0.3 is 0 Å². The van der Waals surface area contributed by atoms with Crippen molar-refractivity contribution in [3.63, 3.8) is 0 Å². The second-order valence-corrected chi connectivity index (χ2v) is 10.9. The maximum atomic E-state index is 12.5. The van der Waals surface area contributed by atoms with E-state index in [2.05, 4.69) is 54.7 Å². The van der Waals surface area contributed by atoms with Gasteiger partial charge in [0.15, 0.2) is 5.16 Å². The van der Waals surface area contributed by atoms with Crippen molar-refractivity contribution in [3.8, 4) is 10.6 Å². The van der Waals surface area contributed by atoms with Crippen molar-refractivity contribution < 1.29 is 4.79 Å². The molecular formula is C23H23N5OS3. The lowest BCUT2D eigenvalue weighted by Crippen LogP contribution is -2.24. The summed E-state index contributed by atoms with van der Waals surface area (Å²) in [5.41, 5.74) is 2.22. The molecule has 1 amide bonds. The number of thiophene rings is 1. The predicted octanol–water partition coefficient (Wildman–Crippen LogP) is 5.11. The molecule has 5 rings (SSSR count). The standard InChI is InChI=1S/C23H23N5OS3/c1-15-25-19(13-30-15)20-10-9-18(32-20)11-24-21(29)14-31-23-27-26-22(17-7-8-17)28(23)12-16-5-3-2-4-6-16/h2-6,9-10,13,17H,7-8,11-12,14H2,1H3,(H,24,29). The van der Waals surface area contributed by atoms with Crippen molar-refractivity contribution in [1.82, 2.24) is 25.1 Å². The van der Waals surface area contributed by atoms with Crippen molar-refractivity contribution in [2.75, 3.05) is 5.75 Å². The molecule has 0 radical (unpaired) electrons. The van der Waals surface area contributed by atoms with Gasteiger partial charge in [-0.05, 0) is 37.5 Å². The molecule has 0 bridgehead atoms. The summed E-state index contributed by atoms with van der Waals surface area (Å²) in [6.07, 6.45) is 2.34. The molecule has 32 heavy (non-hydrogen) atoms. The van der Waals surface area contributed by atoms with Gasteiger partial charge in [0.1, 0.15) is 5.82 Å². The summed E-state index contributed by atoms with van der Waals surface area (Å²) in [6.45, 7) is 3.27. The van der Waals surface area contributed by atoms with Crippen LogP contribution in [0.2, 0.25) is 0 Å². The first-order valence-electron chi connectivity index (χ1n) is 10.5. The van der Waals surface area contributed by atoms with Crippen LogP contribution in [0.15, 0.2) is 53.0 Å². The molecule has 1 saturated carbocycles. The third-order valence-corrected chi connectivity index (χ3v) is 8.04. The molecular weight excluding hydrogens is 458 g/mol. The summed E-state index contributed by atoms with van der Waals surface area (Å²) in [4.78, 5) is 19.3. The third-order valence-electron chi connectivity index (χ3n) is 5.20. The minimum atomic E-state index is -0.00307. The number of hydrogen-bond donors (Lipinski definition) is 1. The molecule has 1 aliphatic carbocycles. The van der Waals surface area contributed by atoms with E-state index in [0.29, 0.717) is 18.2 Å². The molecule has 3 aromatic heterocycles. The van der Waals surface area contributed by atoms with E-state index in [1.807, 2.05) is 25.1 Å². The second kappa shape index (κ2) is 9.56. The number of rotatable bonds is 9. The van der Waals surface area contributed by atoms with E-state index in [4.69, 9.17) is 0 Å². The summed E-state index contributed by atoms with van der Waals surface area (Å²) in [5, 5.41) is 15.8. The maximum absolute atomic E-state index is 12.5. The highest BCUT2D eigenvalue weighted by Crippen LogP contribution is 2.40. The van der Waals surface area contributed by atoms with Crippen molar-refractivity contribution in [2.24, 2.45) is 0 Å². The smallest absolute Gasteiger partial charge is 0.230 e. The largest absolute Gasteiger partial charge is 0.350 e. The Hall–Kier alpha value is -2.49. The number of amides is 1. The molecule has 0 saturated heterocycles. The number of carbonyl (C=O) groups is 1. The van der Waals surface area contributed by atoms with E-state index in [0.717, 1.165) is 38.0 Å². The number of nitrogens with one attached hydrogen (secondary N) is 1. The average Bonchev–Trinajstić information content (AvgIpc) is 3.19. The zero-order valence-electron chi connectivity index (χ0n) is 17.7. The van der Waals surface area contributed by atoms with Crippen LogP contribution >= 0.6 is 34.4 Å². The fourth-order valence-corrected chi connectivity index (χ4v) is 5.79. The van der Waals surface area contributed by atoms with E-state index in [1.54, 1.807) is 22.7 Å². The lowest BCUT2D eigenvalue weighted by molar-refractivity contribution is -0.118. The van der Waals surface area contributed by atoms with Crippen molar-refractivity contribution in [1.29, 1.82) is 0 Å². The first kappa shape index (κ1) is 21.4. The highest BCUT2D eigenvalue weighted by molar-refractivity contribution is 7.99. The highest BCUT2D eigenvalue weighted by atomic mass is 32.2. The monoisotopic (exact) mass is 481 g/mol. The number of aryl methyl sites for hydroxylation is 1. The Labute approximate surface area is 199 Å². The predicted molar refractivity (Wildman–Crippen MR) is 130 cm³/mol. The maximum Gasteiger partial charge on any atom is 0.230 e. The van der Waals surface area contributed by atoms with Gasteiger partial charge in [-0.1, -0.05) is 42.1 Å². The molecule has 1 aromatic carbocycles. The van der Waals surface area contributed by atoms with E-state index in [-0.39, 0.29) is 5.91 Å². The summed E-state index contributed by atoms with van der Waals surface area (Å²) >= 11 is 4.77. The van der Waals surface area contributed by atoms with Crippen LogP contribution < -0.4 is 5.32 Å². The summed E-state index contributed by atoms with van der Waals surface area (Å²) in [5.74, 6) is 1.86. The Balaban J connectivity index is 1.18. The molecule has 4 aromatic rings. The second-order valence-electron chi connectivity index (χ2n) is 7.77. The molecule has 6 nitrogen and oxygen atoms in total. The number of hydrogen-bond acceptors (Lipinski definition) is 7.